The van der Waals surface area contributed by atoms with Crippen LogP contribution in [0.3, 0.4) is 0 Å². The van der Waals surface area contributed by atoms with Crippen LogP contribution in [-0.4, -0.2) is 25.1 Å². The van der Waals surface area contributed by atoms with Crippen molar-refractivity contribution in [1.29, 1.82) is 0 Å². The molecule has 0 radical (unpaired) electrons. The Morgan fingerprint density at radius 1 is 0.909 bits per heavy atom. The Hall–Kier alpha value is -0.460. The highest BCUT2D eigenvalue weighted by Gasteiger charge is 2.51. The number of ether oxygens (including phenoxy) is 1. The van der Waals surface area contributed by atoms with Gasteiger partial charge < -0.3 is 4.74 Å². The van der Waals surface area contributed by atoms with Crippen LogP contribution in [0.2, 0.25) is 0 Å². The van der Waals surface area contributed by atoms with Crippen LogP contribution in [-0.2, 0) is 4.74 Å². The SMILES string of the molecule is CCC(OC[C@@H]1CC(C(F)(F)F)C[C@H](C(F)(F)F)C1)C(C)C. The predicted molar refractivity (Wildman–Crippen MR) is 71.3 cm³/mol. The van der Waals surface area contributed by atoms with Crippen molar-refractivity contribution < 1.29 is 31.1 Å². The van der Waals surface area contributed by atoms with E-state index in [0.29, 0.717) is 6.42 Å². The zero-order chi connectivity index (χ0) is 17.1. The molecular formula is C15H24F6O. The van der Waals surface area contributed by atoms with Crippen LogP contribution in [0.1, 0.15) is 46.5 Å². The molecule has 1 fully saturated rings. The first-order valence-electron chi connectivity index (χ1n) is 7.70. The molecule has 22 heavy (non-hydrogen) atoms. The lowest BCUT2D eigenvalue weighted by Crippen LogP contribution is -2.40. The Morgan fingerprint density at radius 2 is 1.36 bits per heavy atom. The summed E-state index contributed by atoms with van der Waals surface area (Å²) in [7, 11) is 0. The van der Waals surface area contributed by atoms with Crippen LogP contribution in [0.25, 0.3) is 0 Å². The van der Waals surface area contributed by atoms with Gasteiger partial charge in [-0.25, -0.2) is 0 Å². The zero-order valence-corrected chi connectivity index (χ0v) is 13.1. The first-order valence-corrected chi connectivity index (χ1v) is 7.70. The molecule has 1 aliphatic carbocycles. The first-order chi connectivity index (χ1) is 9.95. The number of alkyl halides is 6. The normalized spacial score (nSPS) is 28.9. The Bertz CT molecular complexity index is 314. The summed E-state index contributed by atoms with van der Waals surface area (Å²) in [5.41, 5.74) is 0. The molecule has 0 saturated heterocycles. The molecule has 7 heteroatoms. The second kappa shape index (κ2) is 7.41. The van der Waals surface area contributed by atoms with Gasteiger partial charge in [0.15, 0.2) is 0 Å². The van der Waals surface area contributed by atoms with Crippen LogP contribution in [0.15, 0.2) is 0 Å². The van der Waals surface area contributed by atoms with Crippen molar-refractivity contribution in [3.05, 3.63) is 0 Å². The summed E-state index contributed by atoms with van der Waals surface area (Å²) in [5, 5.41) is 0. The molecule has 0 bridgehead atoms. The fourth-order valence-electron chi connectivity index (χ4n) is 3.15. The van der Waals surface area contributed by atoms with Crippen LogP contribution in [0.5, 0.6) is 0 Å². The van der Waals surface area contributed by atoms with Crippen LogP contribution < -0.4 is 0 Å². The van der Waals surface area contributed by atoms with E-state index < -0.39 is 36.5 Å². The van der Waals surface area contributed by atoms with Gasteiger partial charge in [0.05, 0.1) is 17.9 Å². The molecule has 1 rings (SSSR count). The molecule has 4 atom stereocenters. The summed E-state index contributed by atoms with van der Waals surface area (Å²) in [4.78, 5) is 0. The topological polar surface area (TPSA) is 9.23 Å². The Morgan fingerprint density at radius 3 is 1.68 bits per heavy atom. The summed E-state index contributed by atoms with van der Waals surface area (Å²) < 4.78 is 82.7. The van der Waals surface area contributed by atoms with Gasteiger partial charge in [-0.2, -0.15) is 26.3 Å². The summed E-state index contributed by atoms with van der Waals surface area (Å²) in [6, 6.07) is 0. The molecule has 0 aromatic heterocycles. The molecule has 1 aliphatic rings. The fraction of sp³-hybridized carbons (Fsp3) is 1.00. The van der Waals surface area contributed by atoms with Gasteiger partial charge in [-0.1, -0.05) is 20.8 Å². The average Bonchev–Trinajstić information content (AvgIpc) is 2.36. The quantitative estimate of drug-likeness (QED) is 0.595. The second-order valence-electron chi connectivity index (χ2n) is 6.57. The van der Waals surface area contributed by atoms with Crippen LogP contribution in [0.4, 0.5) is 26.3 Å². The summed E-state index contributed by atoms with van der Waals surface area (Å²) in [6.45, 7) is 5.70. The number of halogens is 6. The van der Waals surface area contributed by atoms with Crippen molar-refractivity contribution in [2.45, 2.75) is 64.9 Å². The third-order valence-corrected chi connectivity index (χ3v) is 4.42. The van der Waals surface area contributed by atoms with E-state index in [1.165, 1.54) is 0 Å². The van der Waals surface area contributed by atoms with Crippen molar-refractivity contribution in [3.8, 4) is 0 Å². The smallest absolute Gasteiger partial charge is 0.378 e. The van der Waals surface area contributed by atoms with E-state index in [0.717, 1.165) is 0 Å². The first kappa shape index (κ1) is 19.6. The lowest BCUT2D eigenvalue weighted by molar-refractivity contribution is -0.231. The van der Waals surface area contributed by atoms with Crippen molar-refractivity contribution in [2.75, 3.05) is 6.61 Å². The van der Waals surface area contributed by atoms with Crippen LogP contribution in [0, 0.1) is 23.7 Å². The Labute approximate surface area is 127 Å². The molecule has 0 aromatic carbocycles. The predicted octanol–water partition coefficient (Wildman–Crippen LogP) is 5.59. The van der Waals surface area contributed by atoms with Gasteiger partial charge in [0, 0.05) is 6.61 Å². The maximum Gasteiger partial charge on any atom is 0.391 e. The van der Waals surface area contributed by atoms with Crippen molar-refractivity contribution >= 4 is 0 Å². The maximum atomic E-state index is 12.9. The van der Waals surface area contributed by atoms with Gasteiger partial charge in [0.1, 0.15) is 0 Å². The molecule has 0 amide bonds. The lowest BCUT2D eigenvalue weighted by atomic mass is 9.74. The van der Waals surface area contributed by atoms with E-state index in [2.05, 4.69) is 0 Å². The molecule has 1 saturated carbocycles. The van der Waals surface area contributed by atoms with Gasteiger partial charge in [-0.05, 0) is 37.5 Å². The number of hydrogen-bond donors (Lipinski definition) is 0. The Balaban J connectivity index is 2.72. The standard InChI is InChI=1S/C15H24F6O/c1-4-13(9(2)3)22-8-10-5-11(14(16,17)18)7-12(6-10)15(19,20)21/h9-13H,4-8H2,1-3H3/t10-,11+,12?,13?/m0/s1. The average molecular weight is 334 g/mol. The zero-order valence-electron chi connectivity index (χ0n) is 13.1. The van der Waals surface area contributed by atoms with E-state index in [1.54, 1.807) is 0 Å². The highest BCUT2D eigenvalue weighted by molar-refractivity contribution is 4.86. The minimum absolute atomic E-state index is 0.0319. The summed E-state index contributed by atoms with van der Waals surface area (Å²) in [5.74, 6) is -4.29. The van der Waals surface area contributed by atoms with E-state index >= 15 is 0 Å². The maximum absolute atomic E-state index is 12.9. The number of hydrogen-bond acceptors (Lipinski definition) is 1. The van der Waals surface area contributed by atoms with Crippen molar-refractivity contribution in [3.63, 3.8) is 0 Å². The van der Waals surface area contributed by atoms with Gasteiger partial charge in [0.25, 0.3) is 0 Å². The Kier molecular flexibility index (Phi) is 6.59. The lowest BCUT2D eigenvalue weighted by Gasteiger charge is -2.37. The molecule has 0 heterocycles. The van der Waals surface area contributed by atoms with E-state index in [1.807, 2.05) is 20.8 Å². The van der Waals surface area contributed by atoms with Gasteiger partial charge >= 0.3 is 12.4 Å². The van der Waals surface area contributed by atoms with E-state index in [-0.39, 0.29) is 31.5 Å². The van der Waals surface area contributed by atoms with Crippen molar-refractivity contribution in [1.82, 2.24) is 0 Å². The van der Waals surface area contributed by atoms with Crippen molar-refractivity contribution in [2.24, 2.45) is 23.7 Å². The van der Waals surface area contributed by atoms with Gasteiger partial charge in [0.2, 0.25) is 0 Å². The van der Waals surface area contributed by atoms with Crippen LogP contribution >= 0.6 is 0 Å². The second-order valence-corrected chi connectivity index (χ2v) is 6.57. The minimum Gasteiger partial charge on any atom is -0.378 e. The monoisotopic (exact) mass is 334 g/mol. The molecule has 0 aromatic rings. The molecule has 2 unspecified atom stereocenters. The summed E-state index contributed by atoms with van der Waals surface area (Å²) in [6.07, 6.45) is -10.00. The molecular weight excluding hydrogens is 310 g/mol. The van der Waals surface area contributed by atoms with Gasteiger partial charge in [-0.15, -0.1) is 0 Å². The molecule has 0 spiro atoms. The highest BCUT2D eigenvalue weighted by atomic mass is 19.4. The minimum atomic E-state index is -4.58. The third-order valence-electron chi connectivity index (χ3n) is 4.42. The van der Waals surface area contributed by atoms with E-state index in [4.69, 9.17) is 4.74 Å². The van der Waals surface area contributed by atoms with E-state index in [9.17, 15) is 26.3 Å². The van der Waals surface area contributed by atoms with Gasteiger partial charge in [-0.3, -0.25) is 0 Å². The molecule has 0 N–H and O–H groups in total. The third kappa shape index (κ3) is 5.63. The largest absolute Gasteiger partial charge is 0.391 e. The molecule has 132 valence electrons. The summed E-state index contributed by atoms with van der Waals surface area (Å²) >= 11 is 0. The number of rotatable bonds is 5. The highest BCUT2D eigenvalue weighted by Crippen LogP contribution is 2.47. The fourth-order valence-corrected chi connectivity index (χ4v) is 3.15. The molecule has 0 aliphatic heterocycles. The molecule has 1 nitrogen and oxygen atoms in total.